The van der Waals surface area contributed by atoms with Crippen molar-refractivity contribution in [1.82, 2.24) is 4.98 Å². The molecule has 2 rings (SSSR count). The Hall–Kier alpha value is -1.88. The first-order valence-corrected chi connectivity index (χ1v) is 6.77. The molecule has 0 amide bonds. The third-order valence-electron chi connectivity index (χ3n) is 2.59. The van der Waals surface area contributed by atoms with Gasteiger partial charge in [0.2, 0.25) is 0 Å². The van der Waals surface area contributed by atoms with Crippen LogP contribution in [-0.4, -0.2) is 24.7 Å². The lowest BCUT2D eigenvalue weighted by Crippen LogP contribution is -2.03. The summed E-state index contributed by atoms with van der Waals surface area (Å²) in [5.74, 6) is 0.365. The first-order valence-electron chi connectivity index (χ1n) is 5.95. The molecule has 19 heavy (non-hydrogen) atoms. The first kappa shape index (κ1) is 13.5. The van der Waals surface area contributed by atoms with Crippen molar-refractivity contribution in [2.24, 2.45) is 0 Å². The topological polar surface area (TPSA) is 48.4 Å². The van der Waals surface area contributed by atoms with Crippen LogP contribution in [0.3, 0.4) is 0 Å². The molecular weight excluding hydrogens is 262 g/mol. The first-order chi connectivity index (χ1) is 9.17. The van der Waals surface area contributed by atoms with E-state index in [1.165, 1.54) is 18.4 Å². The van der Waals surface area contributed by atoms with Crippen molar-refractivity contribution in [3.05, 3.63) is 34.8 Å². The predicted octanol–water partition coefficient (Wildman–Crippen LogP) is 3.30. The van der Waals surface area contributed by atoms with Crippen LogP contribution in [0.4, 0.5) is 0 Å². The zero-order valence-electron chi connectivity index (χ0n) is 11.1. The molecule has 0 aliphatic heterocycles. The third-order valence-corrected chi connectivity index (χ3v) is 3.60. The number of nitrogens with zero attached hydrogens (tertiary/aromatic N) is 1. The van der Waals surface area contributed by atoms with Crippen molar-refractivity contribution in [2.75, 3.05) is 13.7 Å². The summed E-state index contributed by atoms with van der Waals surface area (Å²) < 4.78 is 10.3. The smallest absolute Gasteiger partial charge is 0.357 e. The molecule has 5 heteroatoms. The van der Waals surface area contributed by atoms with E-state index in [4.69, 9.17) is 9.47 Å². The number of aryl methyl sites for hydroxylation is 1. The van der Waals surface area contributed by atoms with E-state index in [-0.39, 0.29) is 0 Å². The normalized spacial score (nSPS) is 10.3. The number of carbonyl (C=O) groups excluding carboxylic acids is 1. The molecule has 1 heterocycles. The Morgan fingerprint density at radius 2 is 2.11 bits per heavy atom. The number of thiazole rings is 1. The molecule has 0 N–H and O–H groups in total. The number of esters is 1. The molecule has 0 fully saturated rings. The molecule has 100 valence electrons. The average Bonchev–Trinajstić information content (AvgIpc) is 2.81. The molecule has 4 nitrogen and oxygen atoms in total. The Bertz CT molecular complexity index is 592. The van der Waals surface area contributed by atoms with Gasteiger partial charge in [0.05, 0.1) is 19.3 Å². The number of hydrogen-bond acceptors (Lipinski definition) is 5. The summed E-state index contributed by atoms with van der Waals surface area (Å²) in [5.41, 5.74) is 1.27. The third kappa shape index (κ3) is 2.76. The average molecular weight is 277 g/mol. The van der Waals surface area contributed by atoms with Crippen LogP contribution >= 0.6 is 11.3 Å². The van der Waals surface area contributed by atoms with Gasteiger partial charge in [0.1, 0.15) is 10.8 Å². The number of methoxy groups -OCH3 is 1. The van der Waals surface area contributed by atoms with Crippen molar-refractivity contribution in [3.8, 4) is 16.3 Å². The molecule has 0 saturated carbocycles. The van der Waals surface area contributed by atoms with Gasteiger partial charge >= 0.3 is 5.97 Å². The van der Waals surface area contributed by atoms with Gasteiger partial charge in [0.15, 0.2) is 5.69 Å². The molecule has 0 atom stereocenters. The van der Waals surface area contributed by atoms with E-state index in [1.54, 1.807) is 0 Å². The molecular formula is C14H15NO3S. The Kier molecular flexibility index (Phi) is 4.16. The fourth-order valence-electron chi connectivity index (χ4n) is 1.72. The molecule has 0 radical (unpaired) electrons. The van der Waals surface area contributed by atoms with Crippen LogP contribution in [-0.2, 0) is 4.74 Å². The van der Waals surface area contributed by atoms with E-state index in [2.05, 4.69) is 4.98 Å². The predicted molar refractivity (Wildman–Crippen MR) is 74.8 cm³/mol. The van der Waals surface area contributed by atoms with E-state index >= 15 is 0 Å². The van der Waals surface area contributed by atoms with Crippen LogP contribution in [0.1, 0.15) is 22.3 Å². The second-order valence-corrected chi connectivity index (χ2v) is 5.05. The number of aromatic nitrogens is 1. The zero-order chi connectivity index (χ0) is 13.8. The van der Waals surface area contributed by atoms with Crippen molar-refractivity contribution in [1.29, 1.82) is 0 Å². The number of para-hydroxylation sites is 1. The monoisotopic (exact) mass is 277 g/mol. The lowest BCUT2D eigenvalue weighted by atomic mass is 10.2. The van der Waals surface area contributed by atoms with Gasteiger partial charge in [-0.05, 0) is 26.0 Å². The van der Waals surface area contributed by atoms with E-state index in [0.29, 0.717) is 12.3 Å². The summed E-state index contributed by atoms with van der Waals surface area (Å²) in [7, 11) is 1.36. The van der Waals surface area contributed by atoms with E-state index in [9.17, 15) is 4.79 Å². The largest absolute Gasteiger partial charge is 0.493 e. The highest BCUT2D eigenvalue weighted by Gasteiger charge is 2.18. The lowest BCUT2D eigenvalue weighted by molar-refractivity contribution is 0.0594. The van der Waals surface area contributed by atoms with Crippen molar-refractivity contribution in [3.63, 3.8) is 0 Å². The maximum Gasteiger partial charge on any atom is 0.357 e. The van der Waals surface area contributed by atoms with E-state index in [1.807, 2.05) is 38.1 Å². The van der Waals surface area contributed by atoms with Gasteiger partial charge in [0, 0.05) is 4.88 Å². The van der Waals surface area contributed by atoms with Crippen LogP contribution in [0.5, 0.6) is 5.75 Å². The summed E-state index contributed by atoms with van der Waals surface area (Å²) >= 11 is 1.46. The molecule has 2 aromatic rings. The van der Waals surface area contributed by atoms with Gasteiger partial charge in [-0.15, -0.1) is 11.3 Å². The van der Waals surface area contributed by atoms with Crippen molar-refractivity contribution in [2.45, 2.75) is 13.8 Å². The SMILES string of the molecule is CCOc1ccccc1-c1nc(C(=O)OC)c(C)s1. The summed E-state index contributed by atoms with van der Waals surface area (Å²) in [6.07, 6.45) is 0. The van der Waals surface area contributed by atoms with Gasteiger partial charge in [-0.1, -0.05) is 12.1 Å². The lowest BCUT2D eigenvalue weighted by Gasteiger charge is -2.07. The highest BCUT2D eigenvalue weighted by atomic mass is 32.1. The molecule has 1 aromatic heterocycles. The Balaban J connectivity index is 2.45. The zero-order valence-corrected chi connectivity index (χ0v) is 11.9. The molecule has 0 spiro atoms. The number of benzene rings is 1. The highest BCUT2D eigenvalue weighted by molar-refractivity contribution is 7.15. The standard InChI is InChI=1S/C14H15NO3S/c1-4-18-11-8-6-5-7-10(11)13-15-12(9(2)19-13)14(16)17-3/h5-8H,4H2,1-3H3. The fourth-order valence-corrected chi connectivity index (χ4v) is 2.65. The fraction of sp³-hybridized carbons (Fsp3) is 0.286. The summed E-state index contributed by atoms with van der Waals surface area (Å²) in [4.78, 5) is 16.8. The number of rotatable bonds is 4. The minimum atomic E-state index is -0.408. The maximum atomic E-state index is 11.6. The quantitative estimate of drug-likeness (QED) is 0.804. The molecule has 0 aliphatic carbocycles. The summed E-state index contributed by atoms with van der Waals surface area (Å²) in [5, 5.41) is 0.766. The molecule has 0 saturated heterocycles. The van der Waals surface area contributed by atoms with Gasteiger partial charge in [-0.3, -0.25) is 0 Å². The summed E-state index contributed by atoms with van der Waals surface area (Å²) in [6, 6.07) is 7.67. The van der Waals surface area contributed by atoms with Crippen LogP contribution in [0, 0.1) is 6.92 Å². The number of ether oxygens (including phenoxy) is 2. The number of hydrogen-bond donors (Lipinski definition) is 0. The highest BCUT2D eigenvalue weighted by Crippen LogP contribution is 2.34. The number of carbonyl (C=O) groups is 1. The van der Waals surface area contributed by atoms with E-state index < -0.39 is 5.97 Å². The molecule has 0 aliphatic rings. The Labute approximate surface area is 116 Å². The molecule has 0 unspecified atom stereocenters. The van der Waals surface area contributed by atoms with E-state index in [0.717, 1.165) is 21.2 Å². The summed E-state index contributed by atoms with van der Waals surface area (Å²) in [6.45, 7) is 4.38. The Morgan fingerprint density at radius 1 is 1.37 bits per heavy atom. The van der Waals surface area contributed by atoms with Crippen LogP contribution < -0.4 is 4.74 Å². The van der Waals surface area contributed by atoms with Crippen LogP contribution in [0.25, 0.3) is 10.6 Å². The van der Waals surface area contributed by atoms with Gasteiger partial charge in [-0.25, -0.2) is 9.78 Å². The van der Waals surface area contributed by atoms with Crippen LogP contribution in [0.2, 0.25) is 0 Å². The second-order valence-electron chi connectivity index (χ2n) is 3.84. The van der Waals surface area contributed by atoms with Gasteiger partial charge in [0.25, 0.3) is 0 Å². The molecule has 1 aromatic carbocycles. The van der Waals surface area contributed by atoms with Crippen molar-refractivity contribution < 1.29 is 14.3 Å². The van der Waals surface area contributed by atoms with Crippen LogP contribution in [0.15, 0.2) is 24.3 Å². The Morgan fingerprint density at radius 3 is 2.79 bits per heavy atom. The van der Waals surface area contributed by atoms with Gasteiger partial charge in [-0.2, -0.15) is 0 Å². The molecule has 0 bridgehead atoms. The van der Waals surface area contributed by atoms with Gasteiger partial charge < -0.3 is 9.47 Å². The maximum absolute atomic E-state index is 11.6. The van der Waals surface area contributed by atoms with Crippen molar-refractivity contribution >= 4 is 17.3 Å². The minimum Gasteiger partial charge on any atom is -0.493 e. The second kappa shape index (κ2) is 5.84. The minimum absolute atomic E-state index is 0.369.